The largest absolute Gasteiger partial charge is 0.397 e. The zero-order chi connectivity index (χ0) is 13.1. The number of sulfonamides is 1. The first-order valence-corrected chi connectivity index (χ1v) is 6.41. The zero-order valence-electron chi connectivity index (χ0n) is 9.14. The highest BCUT2D eigenvalue weighted by Crippen LogP contribution is 2.21. The number of hydrogen-bond donors (Lipinski definition) is 2. The minimum absolute atomic E-state index is 0.0265. The predicted octanol–water partition coefficient (Wildman–Crippen LogP) is 1.45. The molecular weight excluding hydrogens is 245 g/mol. The smallest absolute Gasteiger partial charge is 0.249 e. The van der Waals surface area contributed by atoms with Gasteiger partial charge >= 0.3 is 0 Å². The molecule has 7 heteroatoms. The van der Waals surface area contributed by atoms with Gasteiger partial charge in [-0.2, -0.15) is 5.26 Å². The third-order valence-corrected chi connectivity index (χ3v) is 3.85. The lowest BCUT2D eigenvalue weighted by Gasteiger charge is -2.12. The summed E-state index contributed by atoms with van der Waals surface area (Å²) in [5, 5.41) is 7.53. The number of rotatable bonds is 4. The maximum Gasteiger partial charge on any atom is 0.249 e. The highest BCUT2D eigenvalue weighted by molar-refractivity contribution is 7.93. The molecule has 0 aromatic heterocycles. The van der Waals surface area contributed by atoms with Crippen molar-refractivity contribution in [3.05, 3.63) is 24.0 Å². The molecule has 0 fully saturated rings. The van der Waals surface area contributed by atoms with Crippen molar-refractivity contribution in [2.24, 2.45) is 0 Å². The van der Waals surface area contributed by atoms with Crippen molar-refractivity contribution < 1.29 is 12.8 Å². The van der Waals surface area contributed by atoms with Gasteiger partial charge in [0.1, 0.15) is 5.82 Å². The van der Waals surface area contributed by atoms with E-state index in [1.54, 1.807) is 13.0 Å². The lowest BCUT2D eigenvalue weighted by Crippen LogP contribution is -2.26. The van der Waals surface area contributed by atoms with E-state index in [1.165, 1.54) is 6.07 Å². The fourth-order valence-electron chi connectivity index (χ4n) is 1.23. The molecule has 1 unspecified atom stereocenters. The lowest BCUT2D eigenvalue weighted by molar-refractivity contribution is 0.592. The minimum atomic E-state index is -3.82. The van der Waals surface area contributed by atoms with Crippen LogP contribution in [0.5, 0.6) is 0 Å². The first-order valence-electron chi connectivity index (χ1n) is 4.87. The summed E-state index contributed by atoms with van der Waals surface area (Å²) in [6.45, 7) is 1.58. The molecule has 1 aromatic carbocycles. The van der Waals surface area contributed by atoms with Gasteiger partial charge in [-0.25, -0.2) is 12.8 Å². The highest BCUT2D eigenvalue weighted by Gasteiger charge is 2.23. The monoisotopic (exact) mass is 257 g/mol. The maximum absolute atomic E-state index is 12.8. The van der Waals surface area contributed by atoms with Crippen molar-refractivity contribution in [1.29, 1.82) is 5.26 Å². The molecule has 1 aromatic rings. The number of nitrogen functional groups attached to an aromatic ring is 1. The van der Waals surface area contributed by atoms with Crippen molar-refractivity contribution in [1.82, 2.24) is 0 Å². The quantitative estimate of drug-likeness (QED) is 0.798. The Hall–Kier alpha value is -1.81. The van der Waals surface area contributed by atoms with E-state index in [4.69, 9.17) is 11.0 Å². The number of benzene rings is 1. The Morgan fingerprint density at radius 3 is 2.71 bits per heavy atom. The van der Waals surface area contributed by atoms with Gasteiger partial charge in [0.2, 0.25) is 10.0 Å². The van der Waals surface area contributed by atoms with Crippen LogP contribution in [0.15, 0.2) is 18.2 Å². The summed E-state index contributed by atoms with van der Waals surface area (Å²) in [7, 11) is -3.82. The van der Waals surface area contributed by atoms with E-state index >= 15 is 0 Å². The van der Waals surface area contributed by atoms with Crippen LogP contribution in [0, 0.1) is 17.1 Å². The number of nitrogens with zero attached hydrogens (tertiary/aromatic N) is 1. The molecule has 0 aliphatic heterocycles. The van der Waals surface area contributed by atoms with Crippen molar-refractivity contribution in [3.63, 3.8) is 0 Å². The summed E-state index contributed by atoms with van der Waals surface area (Å²) in [5.41, 5.74) is 5.50. The molecule has 0 amide bonds. The first kappa shape index (κ1) is 13.3. The molecule has 1 atom stereocenters. The first-order chi connectivity index (χ1) is 7.90. The Morgan fingerprint density at radius 1 is 1.59 bits per heavy atom. The summed E-state index contributed by atoms with van der Waals surface area (Å²) in [6.07, 6.45) is 0.160. The van der Waals surface area contributed by atoms with E-state index in [1.807, 2.05) is 0 Å². The van der Waals surface area contributed by atoms with Crippen molar-refractivity contribution in [2.75, 3.05) is 10.5 Å². The standard InChI is InChI=1S/C10H12FN3O2S/c1-2-8(6-12)17(15,16)14-10-4-3-7(11)5-9(10)13/h3-5,8,14H,2,13H2,1H3. The fraction of sp³-hybridized carbons (Fsp3) is 0.300. The average molecular weight is 257 g/mol. The molecule has 0 aliphatic rings. The van der Waals surface area contributed by atoms with Gasteiger partial charge in [0.15, 0.2) is 5.25 Å². The number of anilines is 2. The molecule has 0 saturated carbocycles. The van der Waals surface area contributed by atoms with Crippen LogP contribution < -0.4 is 10.5 Å². The van der Waals surface area contributed by atoms with E-state index in [2.05, 4.69) is 4.72 Å². The second-order valence-electron chi connectivity index (χ2n) is 3.40. The lowest BCUT2D eigenvalue weighted by atomic mass is 10.3. The summed E-state index contributed by atoms with van der Waals surface area (Å²) >= 11 is 0. The van der Waals surface area contributed by atoms with Gasteiger partial charge in [-0.1, -0.05) is 6.92 Å². The highest BCUT2D eigenvalue weighted by atomic mass is 32.2. The summed E-state index contributed by atoms with van der Waals surface area (Å²) < 4.78 is 38.4. The average Bonchev–Trinajstić information content (AvgIpc) is 2.23. The fourth-order valence-corrected chi connectivity index (χ4v) is 2.44. The van der Waals surface area contributed by atoms with Crippen LogP contribution in [0.1, 0.15) is 13.3 Å². The molecule has 0 bridgehead atoms. The maximum atomic E-state index is 12.8. The van der Waals surface area contributed by atoms with E-state index < -0.39 is 21.1 Å². The van der Waals surface area contributed by atoms with Crippen LogP contribution in [0.25, 0.3) is 0 Å². The molecule has 0 aliphatic carbocycles. The molecule has 17 heavy (non-hydrogen) atoms. The van der Waals surface area contributed by atoms with E-state index in [9.17, 15) is 12.8 Å². The second-order valence-corrected chi connectivity index (χ2v) is 5.27. The third-order valence-electron chi connectivity index (χ3n) is 2.16. The minimum Gasteiger partial charge on any atom is -0.397 e. The van der Waals surface area contributed by atoms with Crippen LogP contribution >= 0.6 is 0 Å². The van der Waals surface area contributed by atoms with Crippen LogP contribution in [0.3, 0.4) is 0 Å². The van der Waals surface area contributed by atoms with Gasteiger partial charge in [-0.3, -0.25) is 4.72 Å². The molecule has 5 nitrogen and oxygen atoms in total. The number of nitriles is 1. The second kappa shape index (κ2) is 5.01. The normalized spacial score (nSPS) is 12.8. The summed E-state index contributed by atoms with van der Waals surface area (Å²) in [5.74, 6) is -0.558. The number of halogens is 1. The number of nitrogens with one attached hydrogen (secondary N) is 1. The Bertz CT molecular complexity index is 551. The van der Waals surface area contributed by atoms with Crippen LogP contribution in [0.4, 0.5) is 15.8 Å². The van der Waals surface area contributed by atoms with Crippen molar-refractivity contribution in [3.8, 4) is 6.07 Å². The van der Waals surface area contributed by atoms with Crippen LogP contribution in [-0.4, -0.2) is 13.7 Å². The molecule has 92 valence electrons. The molecule has 0 spiro atoms. The molecule has 0 heterocycles. The molecule has 0 saturated heterocycles. The zero-order valence-corrected chi connectivity index (χ0v) is 9.96. The van der Waals surface area contributed by atoms with Crippen molar-refractivity contribution in [2.45, 2.75) is 18.6 Å². The Balaban J connectivity index is 3.03. The predicted molar refractivity (Wildman–Crippen MR) is 63.0 cm³/mol. The number of nitrogens with two attached hydrogens (primary N) is 1. The van der Waals surface area contributed by atoms with Crippen molar-refractivity contribution >= 4 is 21.4 Å². The van der Waals surface area contributed by atoms with E-state index in [0.717, 1.165) is 12.1 Å². The topological polar surface area (TPSA) is 96.0 Å². The van der Waals surface area contributed by atoms with E-state index in [-0.39, 0.29) is 17.8 Å². The molecule has 1 rings (SSSR count). The Morgan fingerprint density at radius 2 is 2.24 bits per heavy atom. The Labute approximate surface area is 99.1 Å². The van der Waals surface area contributed by atoms with Gasteiger partial charge in [-0.05, 0) is 24.6 Å². The summed E-state index contributed by atoms with van der Waals surface area (Å²) in [6, 6.07) is 4.98. The van der Waals surface area contributed by atoms with Crippen LogP contribution in [0.2, 0.25) is 0 Å². The summed E-state index contributed by atoms with van der Waals surface area (Å²) in [4.78, 5) is 0. The van der Waals surface area contributed by atoms with E-state index in [0.29, 0.717) is 0 Å². The molecule has 3 N–H and O–H groups in total. The van der Waals surface area contributed by atoms with Gasteiger partial charge in [0, 0.05) is 0 Å². The molecule has 0 radical (unpaired) electrons. The van der Waals surface area contributed by atoms with Crippen LogP contribution in [-0.2, 0) is 10.0 Å². The van der Waals surface area contributed by atoms with Gasteiger partial charge in [0.25, 0.3) is 0 Å². The van der Waals surface area contributed by atoms with Gasteiger partial charge in [-0.15, -0.1) is 0 Å². The van der Waals surface area contributed by atoms with Gasteiger partial charge in [0.05, 0.1) is 17.4 Å². The van der Waals surface area contributed by atoms with Gasteiger partial charge < -0.3 is 5.73 Å². The molecular formula is C10H12FN3O2S. The third kappa shape index (κ3) is 3.07. The number of hydrogen-bond acceptors (Lipinski definition) is 4. The SMILES string of the molecule is CCC(C#N)S(=O)(=O)Nc1ccc(F)cc1N. The Kier molecular flexibility index (Phi) is 3.91.